The third kappa shape index (κ3) is 3.35. The van der Waals surface area contributed by atoms with Crippen LogP contribution in [0, 0.1) is 0 Å². The molecule has 1 unspecified atom stereocenters. The van der Waals surface area contributed by atoms with Crippen molar-refractivity contribution in [1.82, 2.24) is 5.32 Å². The second kappa shape index (κ2) is 6.05. The summed E-state index contributed by atoms with van der Waals surface area (Å²) in [6.45, 7) is 2.99. The highest BCUT2D eigenvalue weighted by Gasteiger charge is 2.17. The van der Waals surface area contributed by atoms with Gasteiger partial charge in [-0.05, 0) is 46.2 Å². The molecule has 2 nitrogen and oxygen atoms in total. The molecule has 5 heteroatoms. The van der Waals surface area contributed by atoms with Crippen molar-refractivity contribution in [1.29, 1.82) is 0 Å². The lowest BCUT2D eigenvalue weighted by Crippen LogP contribution is -2.22. The fourth-order valence-electron chi connectivity index (χ4n) is 1.75. The van der Waals surface area contributed by atoms with Crippen molar-refractivity contribution in [2.24, 2.45) is 0 Å². The third-order valence-corrected chi connectivity index (χ3v) is 4.53. The zero-order chi connectivity index (χ0) is 12.3. The molecule has 0 bridgehead atoms. The molecule has 0 saturated heterocycles. The predicted molar refractivity (Wildman–Crippen MR) is 75.9 cm³/mol. The summed E-state index contributed by atoms with van der Waals surface area (Å²) in [5.41, 5.74) is 1.03. The Bertz CT molecular complexity index is 482. The first-order valence-corrected chi connectivity index (χ1v) is 7.45. The molecule has 0 spiro atoms. The topological polar surface area (TPSA) is 25.2 Å². The van der Waals surface area contributed by atoms with Gasteiger partial charge in [0, 0.05) is 32.8 Å². The van der Waals surface area contributed by atoms with Crippen LogP contribution in [-0.2, 0) is 6.42 Å². The van der Waals surface area contributed by atoms with Crippen molar-refractivity contribution in [3.63, 3.8) is 0 Å². The van der Waals surface area contributed by atoms with Crippen LogP contribution in [0.3, 0.4) is 0 Å². The van der Waals surface area contributed by atoms with Gasteiger partial charge in [-0.2, -0.15) is 0 Å². The molecule has 2 aromatic rings. The highest BCUT2D eigenvalue weighted by atomic mass is 79.9. The second-order valence-corrected chi connectivity index (χ2v) is 5.95. The smallest absolute Gasteiger partial charge is 0.197 e. The normalized spacial score (nSPS) is 12.9. The van der Waals surface area contributed by atoms with Crippen molar-refractivity contribution in [3.05, 3.63) is 43.9 Å². The van der Waals surface area contributed by atoms with Crippen LogP contribution in [0.4, 0.5) is 0 Å². The molecule has 1 N–H and O–H groups in total. The largest absolute Gasteiger partial charge is 0.453 e. The molecule has 92 valence electrons. The van der Waals surface area contributed by atoms with E-state index < -0.39 is 0 Å². The zero-order valence-electron chi connectivity index (χ0n) is 9.37. The van der Waals surface area contributed by atoms with Crippen LogP contribution in [0.25, 0.3) is 0 Å². The Morgan fingerprint density at radius 1 is 1.59 bits per heavy atom. The van der Waals surface area contributed by atoms with E-state index in [9.17, 15) is 0 Å². The molecular formula is C12H13BrClNOS. The van der Waals surface area contributed by atoms with Gasteiger partial charge in [-0.1, -0.05) is 6.92 Å². The van der Waals surface area contributed by atoms with Gasteiger partial charge in [0.2, 0.25) is 0 Å². The minimum atomic E-state index is 0.205. The van der Waals surface area contributed by atoms with Crippen LogP contribution >= 0.6 is 38.9 Å². The Kier molecular flexibility index (Phi) is 4.68. The zero-order valence-corrected chi connectivity index (χ0v) is 12.5. The van der Waals surface area contributed by atoms with Crippen LogP contribution in [0.1, 0.15) is 23.4 Å². The standard InChI is InChI=1S/C12H13BrClNOS/c1-2-15-11(10-3-4-16-12(10)14)6-9-5-8(13)7-17-9/h3-5,7,11,15H,2,6H2,1H3. The highest BCUT2D eigenvalue weighted by Crippen LogP contribution is 2.29. The molecule has 0 aliphatic rings. The van der Waals surface area contributed by atoms with Crippen molar-refractivity contribution in [3.8, 4) is 0 Å². The average molecular weight is 335 g/mol. The van der Waals surface area contributed by atoms with Crippen molar-refractivity contribution in [2.45, 2.75) is 19.4 Å². The molecule has 0 amide bonds. The summed E-state index contributed by atoms with van der Waals surface area (Å²) in [5.74, 6) is 0. The molecule has 0 fully saturated rings. The minimum Gasteiger partial charge on any atom is -0.453 e. The number of thiophene rings is 1. The van der Waals surface area contributed by atoms with E-state index in [1.807, 2.05) is 6.07 Å². The molecule has 0 aromatic carbocycles. The lowest BCUT2D eigenvalue weighted by atomic mass is 10.1. The van der Waals surface area contributed by atoms with E-state index in [1.165, 1.54) is 4.88 Å². The van der Waals surface area contributed by atoms with E-state index >= 15 is 0 Å². The monoisotopic (exact) mass is 333 g/mol. The Morgan fingerprint density at radius 3 is 2.94 bits per heavy atom. The summed E-state index contributed by atoms with van der Waals surface area (Å²) in [4.78, 5) is 1.32. The van der Waals surface area contributed by atoms with Crippen molar-refractivity contribution in [2.75, 3.05) is 6.54 Å². The van der Waals surface area contributed by atoms with E-state index in [2.05, 4.69) is 39.6 Å². The fraction of sp³-hybridized carbons (Fsp3) is 0.333. The van der Waals surface area contributed by atoms with Gasteiger partial charge in [0.15, 0.2) is 5.22 Å². The van der Waals surface area contributed by atoms with Crippen LogP contribution in [0.5, 0.6) is 0 Å². The minimum absolute atomic E-state index is 0.205. The molecule has 2 rings (SSSR count). The number of hydrogen-bond donors (Lipinski definition) is 1. The summed E-state index contributed by atoms with van der Waals surface area (Å²) in [5, 5.41) is 6.00. The van der Waals surface area contributed by atoms with Crippen LogP contribution < -0.4 is 5.32 Å². The summed E-state index contributed by atoms with van der Waals surface area (Å²) >= 11 is 11.2. The Balaban J connectivity index is 2.15. The van der Waals surface area contributed by atoms with E-state index in [4.69, 9.17) is 16.0 Å². The third-order valence-electron chi connectivity index (χ3n) is 2.50. The van der Waals surface area contributed by atoms with E-state index in [0.29, 0.717) is 5.22 Å². The van der Waals surface area contributed by atoms with Crippen LogP contribution in [-0.4, -0.2) is 6.54 Å². The number of hydrogen-bond acceptors (Lipinski definition) is 3. The summed E-state index contributed by atoms with van der Waals surface area (Å²) in [6, 6.07) is 4.28. The molecule has 2 aromatic heterocycles. The number of furan rings is 1. The van der Waals surface area contributed by atoms with Crippen LogP contribution in [0.2, 0.25) is 5.22 Å². The van der Waals surface area contributed by atoms with Gasteiger partial charge in [-0.15, -0.1) is 11.3 Å². The maximum Gasteiger partial charge on any atom is 0.197 e. The lowest BCUT2D eigenvalue weighted by Gasteiger charge is -2.15. The molecule has 0 aliphatic heterocycles. The Hall–Kier alpha value is -0.290. The second-order valence-electron chi connectivity index (χ2n) is 3.70. The van der Waals surface area contributed by atoms with Crippen LogP contribution in [0.15, 0.2) is 32.7 Å². The SMILES string of the molecule is CCNC(Cc1cc(Br)cs1)c1ccoc1Cl. The number of likely N-dealkylation sites (N-methyl/N-ethyl adjacent to an activating group) is 1. The Labute approximate surface area is 118 Å². The summed E-state index contributed by atoms with van der Waals surface area (Å²) in [7, 11) is 0. The van der Waals surface area contributed by atoms with Gasteiger partial charge < -0.3 is 9.73 Å². The molecule has 17 heavy (non-hydrogen) atoms. The van der Waals surface area contributed by atoms with E-state index in [1.54, 1.807) is 17.6 Å². The molecular weight excluding hydrogens is 322 g/mol. The number of nitrogens with one attached hydrogen (secondary N) is 1. The van der Waals surface area contributed by atoms with Gasteiger partial charge in [0.25, 0.3) is 0 Å². The summed E-state index contributed by atoms with van der Waals surface area (Å²) < 4.78 is 6.28. The number of halogens is 2. The van der Waals surface area contributed by atoms with Gasteiger partial charge in [0.1, 0.15) is 0 Å². The maximum absolute atomic E-state index is 6.03. The fourth-order valence-corrected chi connectivity index (χ4v) is 3.50. The highest BCUT2D eigenvalue weighted by molar-refractivity contribution is 9.10. The van der Waals surface area contributed by atoms with E-state index in [-0.39, 0.29) is 6.04 Å². The molecule has 2 heterocycles. The first-order valence-electron chi connectivity index (χ1n) is 5.40. The number of rotatable bonds is 5. The quantitative estimate of drug-likeness (QED) is 0.861. The average Bonchev–Trinajstić information content (AvgIpc) is 2.87. The lowest BCUT2D eigenvalue weighted by molar-refractivity contribution is 0.528. The van der Waals surface area contributed by atoms with E-state index in [0.717, 1.165) is 23.0 Å². The van der Waals surface area contributed by atoms with Crippen molar-refractivity contribution >= 4 is 38.9 Å². The Morgan fingerprint density at radius 2 is 2.41 bits per heavy atom. The van der Waals surface area contributed by atoms with Gasteiger partial charge in [-0.25, -0.2) is 0 Å². The first kappa shape index (κ1) is 13.1. The van der Waals surface area contributed by atoms with Gasteiger partial charge in [-0.3, -0.25) is 0 Å². The van der Waals surface area contributed by atoms with Crippen molar-refractivity contribution < 1.29 is 4.42 Å². The van der Waals surface area contributed by atoms with Gasteiger partial charge in [0.05, 0.1) is 6.26 Å². The predicted octanol–water partition coefficient (Wildman–Crippen LogP) is 4.65. The molecule has 0 saturated carbocycles. The summed E-state index contributed by atoms with van der Waals surface area (Å²) in [6.07, 6.45) is 2.55. The first-order chi connectivity index (χ1) is 8.20. The molecule has 0 aliphatic carbocycles. The maximum atomic E-state index is 6.03. The molecule has 0 radical (unpaired) electrons. The molecule has 1 atom stereocenters. The van der Waals surface area contributed by atoms with Gasteiger partial charge >= 0.3 is 0 Å².